The van der Waals surface area contributed by atoms with Gasteiger partial charge in [0.1, 0.15) is 5.52 Å². The first-order chi connectivity index (χ1) is 11.5. The molecule has 0 saturated heterocycles. The Morgan fingerprint density at radius 3 is 2.83 bits per heavy atom. The van der Waals surface area contributed by atoms with E-state index in [-0.39, 0.29) is 17.2 Å². The van der Waals surface area contributed by atoms with Gasteiger partial charge in [0.2, 0.25) is 0 Å². The highest BCUT2D eigenvalue weighted by atomic mass is 35.5. The van der Waals surface area contributed by atoms with Gasteiger partial charge in [-0.25, -0.2) is 9.31 Å². The number of H-pyrrole nitrogens is 1. The maximum absolute atomic E-state index is 12.6. The summed E-state index contributed by atoms with van der Waals surface area (Å²) in [5.74, 6) is -1.03. The van der Waals surface area contributed by atoms with Crippen molar-refractivity contribution in [1.29, 1.82) is 0 Å². The molecule has 0 amide bonds. The normalized spacial score (nSPS) is 14.2. The number of pyridine rings is 1. The zero-order valence-corrected chi connectivity index (χ0v) is 13.5. The number of carbonyl (C=O) groups is 1. The molecular formula is C16H13ClN4O3. The summed E-state index contributed by atoms with van der Waals surface area (Å²) < 4.78 is 1.35. The Kier molecular flexibility index (Phi) is 3.21. The number of hydrogen-bond donors (Lipinski definition) is 2. The quantitative estimate of drug-likeness (QED) is 0.760. The van der Waals surface area contributed by atoms with E-state index in [0.717, 1.165) is 12.8 Å². The summed E-state index contributed by atoms with van der Waals surface area (Å²) in [7, 11) is 0. The van der Waals surface area contributed by atoms with Crippen molar-refractivity contribution in [3.05, 3.63) is 50.8 Å². The predicted molar refractivity (Wildman–Crippen MR) is 87.7 cm³/mol. The lowest BCUT2D eigenvalue weighted by molar-refractivity contribution is 0.0689. The molecular weight excluding hydrogens is 332 g/mol. The summed E-state index contributed by atoms with van der Waals surface area (Å²) in [5, 5.41) is 14.0. The first-order valence-corrected chi connectivity index (χ1v) is 7.85. The molecule has 1 aliphatic rings. The van der Waals surface area contributed by atoms with E-state index in [1.54, 1.807) is 25.4 Å². The molecule has 1 saturated carbocycles. The van der Waals surface area contributed by atoms with Crippen LogP contribution in [0.5, 0.6) is 0 Å². The highest BCUT2D eigenvalue weighted by molar-refractivity contribution is 6.31. The molecule has 1 aliphatic carbocycles. The Morgan fingerprint density at radius 1 is 1.46 bits per heavy atom. The summed E-state index contributed by atoms with van der Waals surface area (Å²) >= 11 is 6.09. The molecule has 1 fully saturated rings. The molecule has 3 heterocycles. The van der Waals surface area contributed by atoms with Crippen molar-refractivity contribution in [2.45, 2.75) is 25.7 Å². The molecule has 0 unspecified atom stereocenters. The number of aromatic nitrogens is 4. The molecule has 0 atom stereocenters. The molecule has 3 aromatic rings. The number of aromatic carboxylic acids is 1. The maximum atomic E-state index is 12.6. The molecule has 0 aromatic carbocycles. The van der Waals surface area contributed by atoms with E-state index < -0.39 is 5.97 Å². The number of fused-ring (bicyclic) bond motifs is 1. The number of carboxylic acids is 1. The lowest BCUT2D eigenvalue weighted by atomic mass is 10.1. The molecule has 8 heteroatoms. The molecule has 122 valence electrons. The first kappa shape index (κ1) is 14.9. The summed E-state index contributed by atoms with van der Waals surface area (Å²) in [5.41, 5.74) is 2.19. The Labute approximate surface area is 140 Å². The van der Waals surface area contributed by atoms with Crippen LogP contribution >= 0.6 is 11.6 Å². The summed E-state index contributed by atoms with van der Waals surface area (Å²) in [6.45, 7) is 1.78. The number of aromatic amines is 1. The van der Waals surface area contributed by atoms with E-state index >= 15 is 0 Å². The molecule has 0 bridgehead atoms. The minimum Gasteiger partial charge on any atom is -0.476 e. The minimum atomic E-state index is -1.12. The second-order valence-electron chi connectivity index (χ2n) is 5.92. The van der Waals surface area contributed by atoms with Gasteiger partial charge in [0.05, 0.1) is 22.6 Å². The van der Waals surface area contributed by atoms with E-state index in [2.05, 4.69) is 15.1 Å². The van der Waals surface area contributed by atoms with Crippen LogP contribution in [0.3, 0.4) is 0 Å². The van der Waals surface area contributed by atoms with Crippen LogP contribution in [0.1, 0.15) is 40.5 Å². The van der Waals surface area contributed by atoms with Crippen LogP contribution in [-0.2, 0) is 0 Å². The van der Waals surface area contributed by atoms with Crippen molar-refractivity contribution in [2.75, 3.05) is 0 Å². The van der Waals surface area contributed by atoms with E-state index in [1.807, 2.05) is 0 Å². The average Bonchev–Trinajstić information content (AvgIpc) is 3.29. The van der Waals surface area contributed by atoms with Gasteiger partial charge >= 0.3 is 5.97 Å². The van der Waals surface area contributed by atoms with Crippen LogP contribution in [0.4, 0.5) is 0 Å². The molecule has 7 nitrogen and oxygen atoms in total. The van der Waals surface area contributed by atoms with Crippen molar-refractivity contribution < 1.29 is 9.90 Å². The van der Waals surface area contributed by atoms with Gasteiger partial charge in [0.15, 0.2) is 5.69 Å². The van der Waals surface area contributed by atoms with Crippen molar-refractivity contribution >= 4 is 23.1 Å². The van der Waals surface area contributed by atoms with Gasteiger partial charge < -0.3 is 10.1 Å². The molecule has 0 radical (unpaired) electrons. The Morgan fingerprint density at radius 2 is 2.21 bits per heavy atom. The van der Waals surface area contributed by atoms with Crippen molar-refractivity contribution in [1.82, 2.24) is 19.6 Å². The lowest BCUT2D eigenvalue weighted by Crippen LogP contribution is -2.12. The number of halogens is 1. The largest absolute Gasteiger partial charge is 0.476 e. The van der Waals surface area contributed by atoms with E-state index in [1.165, 1.54) is 4.52 Å². The number of hydrogen-bond acceptors (Lipinski definition) is 4. The SMILES string of the molecule is Cc1ncc(-c2cn3nc(C(=O)O)c(C4CC4)c3c(=O)[nH]2)cc1Cl. The van der Waals surface area contributed by atoms with E-state index in [9.17, 15) is 14.7 Å². The number of nitrogens with one attached hydrogen (secondary N) is 1. The Balaban J connectivity index is 1.96. The van der Waals surface area contributed by atoms with E-state index in [0.29, 0.717) is 33.1 Å². The summed E-state index contributed by atoms with van der Waals surface area (Å²) in [6.07, 6.45) is 4.94. The van der Waals surface area contributed by atoms with Crippen LogP contribution in [0.25, 0.3) is 16.8 Å². The van der Waals surface area contributed by atoms with Gasteiger partial charge in [0, 0.05) is 17.3 Å². The molecule has 4 rings (SSSR count). The van der Waals surface area contributed by atoms with Crippen molar-refractivity contribution in [3.63, 3.8) is 0 Å². The Hall–Kier alpha value is -2.67. The molecule has 2 N–H and O–H groups in total. The number of rotatable bonds is 3. The minimum absolute atomic E-state index is 0.0554. The van der Waals surface area contributed by atoms with Gasteiger partial charge in [-0.05, 0) is 31.7 Å². The smallest absolute Gasteiger partial charge is 0.356 e. The number of aryl methyl sites for hydroxylation is 1. The highest BCUT2D eigenvalue weighted by Gasteiger charge is 2.34. The van der Waals surface area contributed by atoms with Crippen molar-refractivity contribution in [2.24, 2.45) is 0 Å². The van der Waals surface area contributed by atoms with Crippen LogP contribution < -0.4 is 5.56 Å². The third-order valence-electron chi connectivity index (χ3n) is 4.19. The lowest BCUT2D eigenvalue weighted by Gasteiger charge is -2.05. The third kappa shape index (κ3) is 2.28. The fraction of sp³-hybridized carbons (Fsp3) is 0.250. The maximum Gasteiger partial charge on any atom is 0.356 e. The number of nitrogens with zero attached hydrogens (tertiary/aromatic N) is 3. The molecule has 3 aromatic heterocycles. The summed E-state index contributed by atoms with van der Waals surface area (Å²) in [4.78, 5) is 31.0. The number of carboxylic acid groups (broad SMARTS) is 1. The van der Waals surface area contributed by atoms with Gasteiger partial charge in [-0.3, -0.25) is 9.78 Å². The van der Waals surface area contributed by atoms with Gasteiger partial charge in [0.25, 0.3) is 5.56 Å². The zero-order chi connectivity index (χ0) is 17.0. The second kappa shape index (κ2) is 5.17. The third-order valence-corrected chi connectivity index (χ3v) is 4.57. The first-order valence-electron chi connectivity index (χ1n) is 7.47. The van der Waals surface area contributed by atoms with Crippen LogP contribution in [-0.4, -0.2) is 30.7 Å². The van der Waals surface area contributed by atoms with Gasteiger partial charge in [-0.15, -0.1) is 0 Å². The molecule has 0 aliphatic heterocycles. The standard InChI is InChI=1S/C16H13ClN4O3/c1-7-10(17)4-9(5-18-7)11-6-21-14(15(22)19-11)12(8-2-3-8)13(20-21)16(23)24/h4-6,8H,2-3H2,1H3,(H,19,22)(H,23,24). The van der Waals surface area contributed by atoms with Gasteiger partial charge in [-0.1, -0.05) is 11.6 Å². The van der Waals surface area contributed by atoms with Crippen LogP contribution in [0.2, 0.25) is 5.02 Å². The fourth-order valence-electron chi connectivity index (χ4n) is 2.82. The molecule has 0 spiro atoms. The zero-order valence-electron chi connectivity index (χ0n) is 12.7. The average molecular weight is 345 g/mol. The highest BCUT2D eigenvalue weighted by Crippen LogP contribution is 2.43. The Bertz CT molecular complexity index is 1050. The van der Waals surface area contributed by atoms with Crippen LogP contribution in [0, 0.1) is 6.92 Å². The second-order valence-corrected chi connectivity index (χ2v) is 6.33. The predicted octanol–water partition coefficient (Wildman–Crippen LogP) is 2.62. The van der Waals surface area contributed by atoms with Gasteiger partial charge in [-0.2, -0.15) is 5.10 Å². The van der Waals surface area contributed by atoms with Crippen LogP contribution in [0.15, 0.2) is 23.3 Å². The molecule has 24 heavy (non-hydrogen) atoms. The fourth-order valence-corrected chi connectivity index (χ4v) is 2.99. The van der Waals surface area contributed by atoms with E-state index in [4.69, 9.17) is 11.6 Å². The summed E-state index contributed by atoms with van der Waals surface area (Å²) in [6, 6.07) is 1.70. The topological polar surface area (TPSA) is 100 Å². The monoisotopic (exact) mass is 344 g/mol. The van der Waals surface area contributed by atoms with Crippen molar-refractivity contribution in [3.8, 4) is 11.3 Å².